The molecular formula is C13H17BrF3NO2. The molecule has 7 heteroatoms. The van der Waals surface area contributed by atoms with Crippen LogP contribution in [-0.2, 0) is 0 Å². The molecule has 0 saturated heterocycles. The van der Waals surface area contributed by atoms with Crippen LogP contribution < -0.4 is 10.5 Å². The minimum atomic E-state index is -4.80. The second-order valence-electron chi connectivity index (χ2n) is 4.63. The van der Waals surface area contributed by atoms with Gasteiger partial charge in [0.15, 0.2) is 0 Å². The van der Waals surface area contributed by atoms with E-state index in [4.69, 9.17) is 5.73 Å². The minimum Gasteiger partial charge on any atom is -0.405 e. The average Bonchev–Trinajstić information content (AvgIpc) is 2.36. The third-order valence-corrected chi connectivity index (χ3v) is 3.64. The van der Waals surface area contributed by atoms with Crippen molar-refractivity contribution in [2.24, 2.45) is 11.7 Å². The summed E-state index contributed by atoms with van der Waals surface area (Å²) in [6.45, 7) is 3.65. The lowest BCUT2D eigenvalue weighted by Crippen LogP contribution is -2.32. The van der Waals surface area contributed by atoms with Crippen LogP contribution in [0, 0.1) is 5.92 Å². The first-order chi connectivity index (χ1) is 9.15. The lowest BCUT2D eigenvalue weighted by molar-refractivity contribution is -0.275. The Morgan fingerprint density at radius 3 is 2.50 bits per heavy atom. The molecule has 0 spiro atoms. The van der Waals surface area contributed by atoms with E-state index in [0.29, 0.717) is 10.9 Å². The molecule has 3 N–H and O–H groups in total. The predicted octanol–water partition coefficient (Wildman–Crippen LogP) is 3.75. The first-order valence-corrected chi connectivity index (χ1v) is 6.93. The van der Waals surface area contributed by atoms with E-state index in [1.165, 1.54) is 18.2 Å². The fourth-order valence-electron chi connectivity index (χ4n) is 1.78. The van der Waals surface area contributed by atoms with Crippen LogP contribution in [0.25, 0.3) is 0 Å². The van der Waals surface area contributed by atoms with Gasteiger partial charge in [0.25, 0.3) is 0 Å². The van der Waals surface area contributed by atoms with Gasteiger partial charge < -0.3 is 15.6 Å². The fourth-order valence-corrected chi connectivity index (χ4v) is 2.16. The zero-order chi connectivity index (χ0) is 15.5. The van der Waals surface area contributed by atoms with Gasteiger partial charge in [0.05, 0.1) is 12.1 Å². The van der Waals surface area contributed by atoms with Crippen LogP contribution in [0.1, 0.15) is 31.9 Å². The summed E-state index contributed by atoms with van der Waals surface area (Å²) in [7, 11) is 0. The van der Waals surface area contributed by atoms with Crippen LogP contribution in [-0.4, -0.2) is 17.6 Å². The van der Waals surface area contributed by atoms with E-state index in [2.05, 4.69) is 20.7 Å². The van der Waals surface area contributed by atoms with Gasteiger partial charge in [-0.15, -0.1) is 13.2 Å². The summed E-state index contributed by atoms with van der Waals surface area (Å²) < 4.78 is 41.6. The summed E-state index contributed by atoms with van der Waals surface area (Å²) in [6.07, 6.45) is -5.09. The van der Waals surface area contributed by atoms with Crippen molar-refractivity contribution in [1.82, 2.24) is 0 Å². The highest BCUT2D eigenvalue weighted by molar-refractivity contribution is 9.10. The maximum atomic E-state index is 12.4. The van der Waals surface area contributed by atoms with Crippen LogP contribution in [0.5, 0.6) is 5.75 Å². The lowest BCUT2D eigenvalue weighted by atomic mass is 9.91. The Balaban J connectivity index is 3.11. The van der Waals surface area contributed by atoms with Gasteiger partial charge in [-0.1, -0.05) is 36.2 Å². The Morgan fingerprint density at radius 2 is 2.00 bits per heavy atom. The standard InChI is InChI=1S/C13H17BrF3NO2/c1-3-7(2)12(19)11(18)9-6-8(14)4-5-10(9)20-13(15,16)17/h4-7,11-12,19H,3,18H2,1-2H3/t7?,11-,12+/m1/s1. The van der Waals surface area contributed by atoms with Crippen molar-refractivity contribution in [2.45, 2.75) is 38.8 Å². The summed E-state index contributed by atoms with van der Waals surface area (Å²) >= 11 is 3.17. The van der Waals surface area contributed by atoms with Crippen molar-refractivity contribution < 1.29 is 23.0 Å². The number of rotatable bonds is 5. The van der Waals surface area contributed by atoms with Crippen molar-refractivity contribution in [1.29, 1.82) is 0 Å². The first kappa shape index (κ1) is 17.3. The van der Waals surface area contributed by atoms with Crippen molar-refractivity contribution in [3.63, 3.8) is 0 Å². The molecule has 3 nitrogen and oxygen atoms in total. The molecule has 1 aromatic carbocycles. The molecule has 20 heavy (non-hydrogen) atoms. The molecule has 0 radical (unpaired) electrons. The normalized spacial score (nSPS) is 16.6. The van der Waals surface area contributed by atoms with E-state index in [9.17, 15) is 18.3 Å². The number of aliphatic hydroxyl groups is 1. The summed E-state index contributed by atoms with van der Waals surface area (Å²) in [5, 5.41) is 10.1. The fraction of sp³-hybridized carbons (Fsp3) is 0.538. The van der Waals surface area contributed by atoms with E-state index >= 15 is 0 Å². The van der Waals surface area contributed by atoms with E-state index in [-0.39, 0.29) is 11.5 Å². The van der Waals surface area contributed by atoms with Crippen molar-refractivity contribution >= 4 is 15.9 Å². The second kappa shape index (κ2) is 6.78. The zero-order valence-corrected chi connectivity index (χ0v) is 12.7. The number of ether oxygens (including phenoxy) is 1. The van der Waals surface area contributed by atoms with Gasteiger partial charge in [0.1, 0.15) is 5.75 Å². The van der Waals surface area contributed by atoms with Crippen LogP contribution in [0.3, 0.4) is 0 Å². The highest BCUT2D eigenvalue weighted by atomic mass is 79.9. The third kappa shape index (κ3) is 4.64. The molecule has 114 valence electrons. The molecule has 1 unspecified atom stereocenters. The van der Waals surface area contributed by atoms with Gasteiger partial charge in [-0.25, -0.2) is 0 Å². The molecule has 0 aliphatic heterocycles. The maximum absolute atomic E-state index is 12.4. The molecule has 1 rings (SSSR count). The molecule has 0 heterocycles. The Morgan fingerprint density at radius 1 is 1.40 bits per heavy atom. The predicted molar refractivity (Wildman–Crippen MR) is 73.2 cm³/mol. The summed E-state index contributed by atoms with van der Waals surface area (Å²) in [5.74, 6) is -0.529. The van der Waals surface area contributed by atoms with Crippen LogP contribution >= 0.6 is 15.9 Å². The van der Waals surface area contributed by atoms with E-state index in [1.807, 2.05) is 6.92 Å². The summed E-state index contributed by atoms with van der Waals surface area (Å²) in [6, 6.07) is 3.07. The lowest BCUT2D eigenvalue weighted by Gasteiger charge is -2.26. The van der Waals surface area contributed by atoms with Gasteiger partial charge in [-0.3, -0.25) is 0 Å². The van der Waals surface area contributed by atoms with Crippen LogP contribution in [0.15, 0.2) is 22.7 Å². The van der Waals surface area contributed by atoms with E-state index in [0.717, 1.165) is 0 Å². The number of hydrogen-bond acceptors (Lipinski definition) is 3. The minimum absolute atomic E-state index is 0.115. The van der Waals surface area contributed by atoms with Crippen LogP contribution in [0.2, 0.25) is 0 Å². The zero-order valence-electron chi connectivity index (χ0n) is 11.1. The first-order valence-electron chi connectivity index (χ1n) is 6.14. The van der Waals surface area contributed by atoms with Crippen LogP contribution in [0.4, 0.5) is 13.2 Å². The molecule has 0 aliphatic carbocycles. The molecule has 0 aliphatic rings. The number of nitrogens with two attached hydrogens (primary N) is 1. The highest BCUT2D eigenvalue weighted by Crippen LogP contribution is 2.34. The Bertz CT molecular complexity index is 454. The van der Waals surface area contributed by atoms with Gasteiger partial charge >= 0.3 is 6.36 Å². The Kier molecular flexibility index (Phi) is 5.85. The van der Waals surface area contributed by atoms with Gasteiger partial charge in [0.2, 0.25) is 0 Å². The summed E-state index contributed by atoms with van der Waals surface area (Å²) in [5.41, 5.74) is 6.00. The largest absolute Gasteiger partial charge is 0.573 e. The number of aliphatic hydroxyl groups excluding tert-OH is 1. The average molecular weight is 356 g/mol. The maximum Gasteiger partial charge on any atom is 0.573 e. The quantitative estimate of drug-likeness (QED) is 0.845. The molecule has 3 atom stereocenters. The Hall–Kier alpha value is -0.790. The van der Waals surface area contributed by atoms with Gasteiger partial charge in [-0.05, 0) is 24.1 Å². The number of benzene rings is 1. The molecule has 0 amide bonds. The summed E-state index contributed by atoms with van der Waals surface area (Å²) in [4.78, 5) is 0. The van der Waals surface area contributed by atoms with Crippen molar-refractivity contribution in [2.75, 3.05) is 0 Å². The number of halogens is 4. The topological polar surface area (TPSA) is 55.5 Å². The number of hydrogen-bond donors (Lipinski definition) is 2. The molecule has 1 aromatic rings. The SMILES string of the molecule is CCC(C)[C@H](O)[C@H](N)c1cc(Br)ccc1OC(F)(F)F. The van der Waals surface area contributed by atoms with E-state index < -0.39 is 24.3 Å². The van der Waals surface area contributed by atoms with Gasteiger partial charge in [0, 0.05) is 10.0 Å². The third-order valence-electron chi connectivity index (χ3n) is 3.15. The highest BCUT2D eigenvalue weighted by Gasteiger charge is 2.34. The van der Waals surface area contributed by atoms with Crippen molar-refractivity contribution in [3.8, 4) is 5.75 Å². The van der Waals surface area contributed by atoms with Gasteiger partial charge in [-0.2, -0.15) is 0 Å². The molecular weight excluding hydrogens is 339 g/mol. The monoisotopic (exact) mass is 355 g/mol. The van der Waals surface area contributed by atoms with E-state index in [1.54, 1.807) is 6.92 Å². The molecule has 0 saturated carbocycles. The molecule has 0 fully saturated rings. The molecule has 0 aromatic heterocycles. The van der Waals surface area contributed by atoms with Crippen molar-refractivity contribution in [3.05, 3.63) is 28.2 Å². The second-order valence-corrected chi connectivity index (χ2v) is 5.55. The smallest absolute Gasteiger partial charge is 0.405 e. The molecule has 0 bridgehead atoms. The number of alkyl halides is 3. The Labute approximate surface area is 124 Å².